The number of nitrogens with zero attached hydrogens (tertiary/aromatic N) is 1. The molecule has 0 aromatic carbocycles. The van der Waals surface area contributed by atoms with Crippen molar-refractivity contribution in [3.63, 3.8) is 0 Å². The van der Waals surface area contributed by atoms with Crippen molar-refractivity contribution in [2.75, 3.05) is 26.3 Å². The first-order valence-corrected chi connectivity index (χ1v) is 5.82. The van der Waals surface area contributed by atoms with Gasteiger partial charge in [0.2, 0.25) is 0 Å². The van der Waals surface area contributed by atoms with Crippen molar-refractivity contribution in [3.8, 4) is 0 Å². The monoisotopic (exact) mass is 213 g/mol. The van der Waals surface area contributed by atoms with Crippen molar-refractivity contribution >= 4 is 5.91 Å². The summed E-state index contributed by atoms with van der Waals surface area (Å²) in [4.78, 5) is 13.8. The first-order valence-electron chi connectivity index (χ1n) is 5.82. The molecule has 2 heterocycles. The predicted molar refractivity (Wildman–Crippen MR) is 55.4 cm³/mol. The number of hydrogen-bond acceptors (Lipinski definition) is 3. The van der Waals surface area contributed by atoms with Gasteiger partial charge in [-0.2, -0.15) is 0 Å². The normalized spacial score (nSPS) is 31.1. The predicted octanol–water partition coefficient (Wildman–Crippen LogP) is 0.396. The Morgan fingerprint density at radius 1 is 1.47 bits per heavy atom. The smallest absolute Gasteiger partial charge is 0.251 e. The maximum absolute atomic E-state index is 11.9. The van der Waals surface area contributed by atoms with Gasteiger partial charge in [0.1, 0.15) is 6.10 Å². The van der Waals surface area contributed by atoms with Gasteiger partial charge in [-0.05, 0) is 31.6 Å². The van der Waals surface area contributed by atoms with Gasteiger partial charge >= 0.3 is 0 Å². The summed E-state index contributed by atoms with van der Waals surface area (Å²) in [5.41, 5.74) is 0. The molecule has 0 saturated carbocycles. The van der Waals surface area contributed by atoms with Crippen molar-refractivity contribution in [3.05, 3.63) is 0 Å². The third kappa shape index (κ3) is 2.49. The molecule has 4 heteroatoms. The molecule has 1 N–H and O–H groups in total. The summed E-state index contributed by atoms with van der Waals surface area (Å²) < 4.78 is 5.38. The molecule has 0 aromatic heterocycles. The lowest BCUT2D eigenvalue weighted by atomic mass is 10.1. The molecule has 2 aliphatic heterocycles. The maximum Gasteiger partial charge on any atom is 0.251 e. The first kappa shape index (κ1) is 10.9. The zero-order valence-corrected chi connectivity index (χ0v) is 9.02. The Bertz CT molecular complexity index is 226. The Kier molecular flexibility index (Phi) is 3.59. The van der Waals surface area contributed by atoms with E-state index in [9.17, 15) is 4.79 Å². The van der Waals surface area contributed by atoms with Crippen LogP contribution in [0.25, 0.3) is 0 Å². The number of ether oxygens (including phenoxy) is 1. The minimum Gasteiger partial charge on any atom is -0.396 e. The van der Waals surface area contributed by atoms with E-state index in [-0.39, 0.29) is 18.6 Å². The van der Waals surface area contributed by atoms with Gasteiger partial charge in [-0.3, -0.25) is 4.79 Å². The second-order valence-corrected chi connectivity index (χ2v) is 4.45. The summed E-state index contributed by atoms with van der Waals surface area (Å²) in [6, 6.07) is 0. The van der Waals surface area contributed by atoms with E-state index in [4.69, 9.17) is 9.84 Å². The molecule has 1 unspecified atom stereocenters. The molecule has 2 fully saturated rings. The summed E-state index contributed by atoms with van der Waals surface area (Å²) in [5.74, 6) is 0.647. The number of amides is 1. The molecule has 2 atom stereocenters. The molecule has 0 radical (unpaired) electrons. The van der Waals surface area contributed by atoms with Gasteiger partial charge in [0.15, 0.2) is 0 Å². The van der Waals surface area contributed by atoms with Crippen LogP contribution in [0.1, 0.15) is 25.7 Å². The lowest BCUT2D eigenvalue weighted by Gasteiger charge is -2.19. The molecule has 0 aromatic rings. The lowest BCUT2D eigenvalue weighted by molar-refractivity contribution is -0.139. The van der Waals surface area contributed by atoms with Gasteiger partial charge in [-0.25, -0.2) is 0 Å². The fourth-order valence-electron chi connectivity index (χ4n) is 2.43. The second kappa shape index (κ2) is 4.94. The summed E-state index contributed by atoms with van der Waals surface area (Å²) in [6.45, 7) is 2.60. The van der Waals surface area contributed by atoms with E-state index in [0.717, 1.165) is 45.4 Å². The molecule has 2 rings (SSSR count). The Hall–Kier alpha value is -0.610. The Morgan fingerprint density at radius 2 is 2.33 bits per heavy atom. The van der Waals surface area contributed by atoms with E-state index >= 15 is 0 Å². The second-order valence-electron chi connectivity index (χ2n) is 4.45. The third-order valence-electron chi connectivity index (χ3n) is 3.34. The number of hydrogen-bond donors (Lipinski definition) is 1. The molecule has 0 aliphatic carbocycles. The van der Waals surface area contributed by atoms with Crippen LogP contribution in [0, 0.1) is 5.92 Å². The fourth-order valence-corrected chi connectivity index (χ4v) is 2.43. The maximum atomic E-state index is 11.9. The molecule has 0 spiro atoms. The van der Waals surface area contributed by atoms with E-state index in [1.54, 1.807) is 0 Å². The quantitative estimate of drug-likeness (QED) is 0.738. The summed E-state index contributed by atoms with van der Waals surface area (Å²) in [5, 5.41) is 8.83. The van der Waals surface area contributed by atoms with Crippen LogP contribution >= 0.6 is 0 Å². The SMILES string of the molecule is O=C([C@@H]1CCCO1)N1CCC(CCO)C1. The van der Waals surface area contributed by atoms with Gasteiger partial charge in [0, 0.05) is 26.3 Å². The Labute approximate surface area is 90.2 Å². The van der Waals surface area contributed by atoms with E-state index in [0.29, 0.717) is 5.92 Å². The number of aliphatic hydroxyl groups is 1. The van der Waals surface area contributed by atoms with Crippen LogP contribution in [-0.2, 0) is 9.53 Å². The Morgan fingerprint density at radius 3 is 3.00 bits per heavy atom. The van der Waals surface area contributed by atoms with Crippen LogP contribution in [-0.4, -0.2) is 48.3 Å². The topological polar surface area (TPSA) is 49.8 Å². The summed E-state index contributed by atoms with van der Waals surface area (Å²) in [7, 11) is 0. The van der Waals surface area contributed by atoms with E-state index in [2.05, 4.69) is 0 Å². The van der Waals surface area contributed by atoms with Crippen molar-refractivity contribution < 1.29 is 14.6 Å². The number of likely N-dealkylation sites (tertiary alicyclic amines) is 1. The van der Waals surface area contributed by atoms with E-state index in [1.165, 1.54) is 0 Å². The molecular weight excluding hydrogens is 194 g/mol. The highest BCUT2D eigenvalue weighted by molar-refractivity contribution is 5.81. The van der Waals surface area contributed by atoms with Gasteiger partial charge in [-0.1, -0.05) is 0 Å². The highest BCUT2D eigenvalue weighted by Crippen LogP contribution is 2.22. The highest BCUT2D eigenvalue weighted by Gasteiger charge is 2.32. The lowest BCUT2D eigenvalue weighted by Crippen LogP contribution is -2.37. The zero-order valence-electron chi connectivity index (χ0n) is 9.02. The molecule has 4 nitrogen and oxygen atoms in total. The molecule has 2 aliphatic rings. The summed E-state index contributed by atoms with van der Waals surface area (Å²) in [6.07, 6.45) is 3.54. The third-order valence-corrected chi connectivity index (χ3v) is 3.34. The molecule has 0 bridgehead atoms. The number of aliphatic hydroxyl groups excluding tert-OH is 1. The number of carbonyl (C=O) groups excluding carboxylic acids is 1. The van der Waals surface area contributed by atoms with Crippen LogP contribution in [0.4, 0.5) is 0 Å². The number of rotatable bonds is 3. The van der Waals surface area contributed by atoms with Gasteiger partial charge in [-0.15, -0.1) is 0 Å². The molecular formula is C11H19NO3. The van der Waals surface area contributed by atoms with Gasteiger partial charge in [0.05, 0.1) is 0 Å². The Balaban J connectivity index is 1.81. The highest BCUT2D eigenvalue weighted by atomic mass is 16.5. The minimum absolute atomic E-state index is 0.160. The van der Waals surface area contributed by atoms with Gasteiger partial charge in [0.25, 0.3) is 5.91 Å². The zero-order chi connectivity index (χ0) is 10.7. The van der Waals surface area contributed by atoms with Crippen molar-refractivity contribution in [2.24, 2.45) is 5.92 Å². The van der Waals surface area contributed by atoms with Gasteiger partial charge < -0.3 is 14.7 Å². The average molecular weight is 213 g/mol. The largest absolute Gasteiger partial charge is 0.396 e. The van der Waals surface area contributed by atoms with E-state index < -0.39 is 0 Å². The standard InChI is InChI=1S/C11H19NO3/c13-6-4-9-3-5-12(8-9)11(14)10-2-1-7-15-10/h9-10,13H,1-8H2/t9?,10-/m0/s1. The van der Waals surface area contributed by atoms with Crippen LogP contribution in [0.5, 0.6) is 0 Å². The van der Waals surface area contributed by atoms with Crippen LogP contribution in [0.2, 0.25) is 0 Å². The van der Waals surface area contributed by atoms with E-state index in [1.807, 2.05) is 4.90 Å². The van der Waals surface area contributed by atoms with Crippen LogP contribution in [0.3, 0.4) is 0 Å². The van der Waals surface area contributed by atoms with Crippen LogP contribution in [0.15, 0.2) is 0 Å². The molecule has 15 heavy (non-hydrogen) atoms. The minimum atomic E-state index is -0.183. The molecule has 1 amide bonds. The molecule has 86 valence electrons. The first-order chi connectivity index (χ1) is 7.31. The molecule has 2 saturated heterocycles. The average Bonchev–Trinajstić information content (AvgIpc) is 2.87. The van der Waals surface area contributed by atoms with Crippen molar-refractivity contribution in [1.82, 2.24) is 4.90 Å². The van der Waals surface area contributed by atoms with Crippen molar-refractivity contribution in [2.45, 2.75) is 31.8 Å². The van der Waals surface area contributed by atoms with Crippen molar-refractivity contribution in [1.29, 1.82) is 0 Å². The number of carbonyl (C=O) groups is 1. The summed E-state index contributed by atoms with van der Waals surface area (Å²) >= 11 is 0. The fraction of sp³-hybridized carbons (Fsp3) is 0.909. The van der Waals surface area contributed by atoms with Crippen LogP contribution < -0.4 is 0 Å².